The van der Waals surface area contributed by atoms with E-state index in [0.29, 0.717) is 19.3 Å². The summed E-state index contributed by atoms with van der Waals surface area (Å²) in [6.45, 7) is 11.4. The fourth-order valence-electron chi connectivity index (χ4n) is 2.07. The summed E-state index contributed by atoms with van der Waals surface area (Å²) >= 11 is 0. The fraction of sp³-hybridized carbons (Fsp3) is 0.867. The molecule has 1 rings (SSSR count). The first-order chi connectivity index (χ1) is 8.86. The van der Waals surface area contributed by atoms with E-state index >= 15 is 0 Å². The van der Waals surface area contributed by atoms with Gasteiger partial charge in [0.15, 0.2) is 0 Å². The Morgan fingerprint density at radius 2 is 1.70 bits per heavy atom. The molecule has 0 heterocycles. The average Bonchev–Trinajstić information content (AvgIpc) is 2.93. The molecule has 5 heteroatoms. The van der Waals surface area contributed by atoms with Crippen LogP contribution >= 0.6 is 0 Å². The lowest BCUT2D eigenvalue weighted by Crippen LogP contribution is -2.47. The summed E-state index contributed by atoms with van der Waals surface area (Å²) in [7, 11) is 0. The van der Waals surface area contributed by atoms with Crippen LogP contribution in [0.4, 0.5) is 4.79 Å². The van der Waals surface area contributed by atoms with Crippen molar-refractivity contribution in [2.75, 3.05) is 0 Å². The summed E-state index contributed by atoms with van der Waals surface area (Å²) in [4.78, 5) is 23.2. The normalized spacial score (nSPS) is 19.1. The summed E-state index contributed by atoms with van der Waals surface area (Å²) in [6.07, 6.45) is 1.33. The third-order valence-corrected chi connectivity index (χ3v) is 3.64. The van der Waals surface area contributed by atoms with Gasteiger partial charge in [0.05, 0.1) is 5.41 Å². The van der Waals surface area contributed by atoms with Gasteiger partial charge in [0, 0.05) is 6.04 Å². The van der Waals surface area contributed by atoms with Gasteiger partial charge < -0.3 is 15.2 Å². The number of carboxylic acids is 1. The SMILES string of the molecule is CC(C)(C)OC(=O)NC(CC1(C(=O)O)CC1)C(C)(C)C. The highest BCUT2D eigenvalue weighted by atomic mass is 16.6. The van der Waals surface area contributed by atoms with Crippen LogP contribution in [0.1, 0.15) is 60.8 Å². The van der Waals surface area contributed by atoms with Gasteiger partial charge in [0.2, 0.25) is 0 Å². The molecule has 1 unspecified atom stereocenters. The molecule has 0 spiro atoms. The maximum atomic E-state index is 11.9. The van der Waals surface area contributed by atoms with Crippen molar-refractivity contribution in [2.45, 2.75) is 72.4 Å². The van der Waals surface area contributed by atoms with Crippen molar-refractivity contribution in [2.24, 2.45) is 10.8 Å². The maximum absolute atomic E-state index is 11.9. The quantitative estimate of drug-likeness (QED) is 0.831. The second kappa shape index (κ2) is 5.26. The van der Waals surface area contributed by atoms with Gasteiger partial charge in [-0.15, -0.1) is 0 Å². The largest absolute Gasteiger partial charge is 0.481 e. The lowest BCUT2D eigenvalue weighted by atomic mass is 9.80. The van der Waals surface area contributed by atoms with Crippen molar-refractivity contribution >= 4 is 12.1 Å². The third kappa shape index (κ3) is 4.69. The molecule has 0 aliphatic heterocycles. The van der Waals surface area contributed by atoms with Crippen molar-refractivity contribution in [3.8, 4) is 0 Å². The molecule has 1 fully saturated rings. The van der Waals surface area contributed by atoms with Crippen LogP contribution in [-0.4, -0.2) is 28.8 Å². The molecule has 0 aromatic carbocycles. The highest BCUT2D eigenvalue weighted by Crippen LogP contribution is 2.51. The van der Waals surface area contributed by atoms with Gasteiger partial charge in [-0.25, -0.2) is 4.79 Å². The number of rotatable bonds is 4. The highest BCUT2D eigenvalue weighted by Gasteiger charge is 2.52. The van der Waals surface area contributed by atoms with E-state index in [2.05, 4.69) is 5.32 Å². The van der Waals surface area contributed by atoms with E-state index in [1.54, 1.807) is 20.8 Å². The Morgan fingerprint density at radius 1 is 1.20 bits per heavy atom. The van der Waals surface area contributed by atoms with E-state index in [-0.39, 0.29) is 11.5 Å². The van der Waals surface area contributed by atoms with E-state index in [1.807, 2.05) is 20.8 Å². The van der Waals surface area contributed by atoms with Gasteiger partial charge in [0.1, 0.15) is 5.60 Å². The van der Waals surface area contributed by atoms with E-state index in [4.69, 9.17) is 4.74 Å². The van der Waals surface area contributed by atoms with Crippen LogP contribution in [0.2, 0.25) is 0 Å². The highest BCUT2D eigenvalue weighted by molar-refractivity contribution is 5.78. The summed E-state index contributed by atoms with van der Waals surface area (Å²) in [6, 6.07) is -0.226. The van der Waals surface area contributed by atoms with Crippen LogP contribution in [0.3, 0.4) is 0 Å². The summed E-state index contributed by atoms with van der Waals surface area (Å²) in [5.41, 5.74) is -1.44. The predicted octanol–water partition coefficient (Wildman–Crippen LogP) is 3.18. The number of alkyl carbamates (subject to hydrolysis) is 1. The first-order valence-corrected chi connectivity index (χ1v) is 7.09. The molecule has 1 aliphatic carbocycles. The molecule has 1 amide bonds. The Bertz CT molecular complexity index is 386. The molecular formula is C15H27NO4. The molecule has 1 saturated carbocycles. The molecule has 0 bridgehead atoms. The number of nitrogens with one attached hydrogen (secondary N) is 1. The topological polar surface area (TPSA) is 75.6 Å². The van der Waals surface area contributed by atoms with Gasteiger partial charge in [-0.3, -0.25) is 4.79 Å². The van der Waals surface area contributed by atoms with Crippen LogP contribution < -0.4 is 5.32 Å². The Morgan fingerprint density at radius 3 is 2.00 bits per heavy atom. The van der Waals surface area contributed by atoms with E-state index in [1.165, 1.54) is 0 Å². The number of aliphatic carboxylic acids is 1. The van der Waals surface area contributed by atoms with E-state index in [0.717, 1.165) is 0 Å². The number of hydrogen-bond acceptors (Lipinski definition) is 3. The number of hydrogen-bond donors (Lipinski definition) is 2. The van der Waals surface area contributed by atoms with Gasteiger partial charge in [-0.1, -0.05) is 20.8 Å². The van der Waals surface area contributed by atoms with Crippen molar-refractivity contribution < 1.29 is 19.4 Å². The zero-order valence-electron chi connectivity index (χ0n) is 13.4. The van der Waals surface area contributed by atoms with Crippen molar-refractivity contribution in [1.82, 2.24) is 5.32 Å². The summed E-state index contributed by atoms with van der Waals surface area (Å²) < 4.78 is 5.26. The van der Waals surface area contributed by atoms with E-state index in [9.17, 15) is 14.7 Å². The van der Waals surface area contributed by atoms with Gasteiger partial charge >= 0.3 is 12.1 Å². The maximum Gasteiger partial charge on any atom is 0.407 e. The average molecular weight is 285 g/mol. The molecule has 0 aromatic heterocycles. The number of ether oxygens (including phenoxy) is 1. The number of carbonyl (C=O) groups is 2. The smallest absolute Gasteiger partial charge is 0.407 e. The number of amides is 1. The minimum absolute atomic E-state index is 0.220. The molecule has 0 aromatic rings. The lowest BCUT2D eigenvalue weighted by molar-refractivity contribution is -0.144. The Hall–Kier alpha value is -1.26. The zero-order chi connectivity index (χ0) is 15.8. The molecular weight excluding hydrogens is 258 g/mol. The molecule has 0 radical (unpaired) electrons. The first-order valence-electron chi connectivity index (χ1n) is 7.09. The number of carboxylic acid groups (broad SMARTS) is 1. The fourth-order valence-corrected chi connectivity index (χ4v) is 2.07. The summed E-state index contributed by atoms with van der Waals surface area (Å²) in [5, 5.41) is 12.1. The van der Waals surface area contributed by atoms with Gasteiger partial charge in [0.25, 0.3) is 0 Å². The van der Waals surface area contributed by atoms with Crippen LogP contribution in [-0.2, 0) is 9.53 Å². The van der Waals surface area contributed by atoms with Crippen molar-refractivity contribution in [3.05, 3.63) is 0 Å². The molecule has 20 heavy (non-hydrogen) atoms. The molecule has 5 nitrogen and oxygen atoms in total. The van der Waals surface area contributed by atoms with Gasteiger partial charge in [-0.05, 0) is 45.4 Å². The molecule has 2 N–H and O–H groups in total. The molecule has 1 atom stereocenters. The van der Waals surface area contributed by atoms with Crippen molar-refractivity contribution in [1.29, 1.82) is 0 Å². The van der Waals surface area contributed by atoms with Crippen LogP contribution in [0.25, 0.3) is 0 Å². The molecule has 1 aliphatic rings. The van der Waals surface area contributed by atoms with E-state index < -0.39 is 23.1 Å². The van der Waals surface area contributed by atoms with Gasteiger partial charge in [-0.2, -0.15) is 0 Å². The standard InChI is InChI=1S/C15H27NO4/c1-13(2,3)10(9-15(7-8-15)11(17)18)16-12(19)20-14(4,5)6/h10H,7-9H2,1-6H3,(H,16,19)(H,17,18). The molecule has 0 saturated heterocycles. The molecule has 116 valence electrons. The Balaban J connectivity index is 2.72. The van der Waals surface area contributed by atoms with Crippen LogP contribution in [0.5, 0.6) is 0 Å². The minimum Gasteiger partial charge on any atom is -0.481 e. The first kappa shape index (κ1) is 16.8. The lowest BCUT2D eigenvalue weighted by Gasteiger charge is -2.34. The Kier molecular flexibility index (Phi) is 4.42. The van der Waals surface area contributed by atoms with Crippen molar-refractivity contribution in [3.63, 3.8) is 0 Å². The predicted molar refractivity (Wildman–Crippen MR) is 76.5 cm³/mol. The summed E-state index contributed by atoms with van der Waals surface area (Å²) in [5.74, 6) is -0.766. The second-order valence-electron chi connectivity index (χ2n) is 7.85. The van der Waals surface area contributed by atoms with Crippen LogP contribution in [0, 0.1) is 10.8 Å². The monoisotopic (exact) mass is 285 g/mol. The zero-order valence-corrected chi connectivity index (χ0v) is 13.4. The third-order valence-electron chi connectivity index (χ3n) is 3.64. The Labute approximate surface area is 121 Å². The number of carbonyl (C=O) groups excluding carboxylic acids is 1. The van der Waals surface area contributed by atoms with Crippen LogP contribution in [0.15, 0.2) is 0 Å². The second-order valence-corrected chi connectivity index (χ2v) is 7.85. The minimum atomic E-state index is -0.766.